The Morgan fingerprint density at radius 1 is 0.714 bits per heavy atom. The van der Waals surface area contributed by atoms with Gasteiger partial charge in [-0.25, -0.2) is 4.79 Å². The first kappa shape index (κ1) is 28.4. The Bertz CT molecular complexity index is 436. The topological polar surface area (TPSA) is 74.6 Å². The van der Waals surface area contributed by atoms with E-state index in [1.54, 1.807) is 12.2 Å². The van der Waals surface area contributed by atoms with Crippen molar-refractivity contribution in [2.75, 3.05) is 0 Å². The maximum absolute atomic E-state index is 10.3. The number of aliphatic carboxylic acids is 2. The van der Waals surface area contributed by atoms with E-state index in [4.69, 9.17) is 10.2 Å². The van der Waals surface area contributed by atoms with Gasteiger partial charge in [0.15, 0.2) is 0 Å². The third kappa shape index (κ3) is 31.9. The molecule has 0 aliphatic heterocycles. The Balaban J connectivity index is 0. The van der Waals surface area contributed by atoms with Gasteiger partial charge in [0.1, 0.15) is 0 Å². The Labute approximate surface area is 172 Å². The smallest absolute Gasteiger partial charge is 0.328 e. The fraction of sp³-hybridized carbons (Fsp3) is 0.667. The Morgan fingerprint density at radius 3 is 1.68 bits per heavy atom. The van der Waals surface area contributed by atoms with Gasteiger partial charge in [0, 0.05) is 12.5 Å². The normalized spacial score (nSPS) is 11.2. The van der Waals surface area contributed by atoms with E-state index >= 15 is 0 Å². The molecule has 0 radical (unpaired) electrons. The number of carbonyl (C=O) groups is 2. The highest BCUT2D eigenvalue weighted by Crippen LogP contribution is 2.09. The molecule has 0 bridgehead atoms. The zero-order valence-corrected chi connectivity index (χ0v) is 18.1. The van der Waals surface area contributed by atoms with E-state index in [-0.39, 0.29) is 0 Å². The quantitative estimate of drug-likeness (QED) is 0.117. The molecule has 2 N–H and O–H groups in total. The summed E-state index contributed by atoms with van der Waals surface area (Å²) in [5, 5.41) is 16.5. The largest absolute Gasteiger partial charge is 0.481 e. The fourth-order valence-electron chi connectivity index (χ4n) is 2.60. The molecule has 4 heteroatoms. The van der Waals surface area contributed by atoms with E-state index in [1.165, 1.54) is 76.7 Å². The summed E-state index contributed by atoms with van der Waals surface area (Å²) >= 11 is 0. The van der Waals surface area contributed by atoms with E-state index in [0.717, 1.165) is 18.9 Å². The zero-order valence-electron chi connectivity index (χ0n) is 18.1. The molecule has 4 nitrogen and oxygen atoms in total. The van der Waals surface area contributed by atoms with Crippen molar-refractivity contribution in [2.45, 2.75) is 104 Å². The Kier molecular flexibility index (Phi) is 25.5. The van der Waals surface area contributed by atoms with Crippen LogP contribution in [0.15, 0.2) is 36.5 Å². The lowest BCUT2D eigenvalue weighted by Gasteiger charge is -1.99. The lowest BCUT2D eigenvalue weighted by Crippen LogP contribution is -1.93. The van der Waals surface area contributed by atoms with Crippen LogP contribution in [-0.4, -0.2) is 22.2 Å². The molecule has 0 aromatic rings. The standard InChI is InChI=1S/C18H34O2.C6H8O2/c1-2-3-4-5-6-7-8-9-10-11-12-13-14-15-16-17-18(19)20;1-2-3-4-5-6(7)8/h9-10H,2-8,11-17H2,1H3,(H,19,20);2-5H,1H3,(H,7,8). The van der Waals surface area contributed by atoms with Crippen molar-refractivity contribution < 1.29 is 19.8 Å². The highest BCUT2D eigenvalue weighted by Gasteiger charge is 1.95. The van der Waals surface area contributed by atoms with Crippen LogP contribution in [0.25, 0.3) is 0 Å². The molecule has 0 spiro atoms. The second kappa shape index (κ2) is 25.2. The summed E-state index contributed by atoms with van der Waals surface area (Å²) in [4.78, 5) is 20.1. The fourth-order valence-corrected chi connectivity index (χ4v) is 2.60. The molecule has 0 aromatic carbocycles. The molecule has 0 unspecified atom stereocenters. The second-order valence-corrected chi connectivity index (χ2v) is 6.95. The van der Waals surface area contributed by atoms with Crippen LogP contribution in [0.3, 0.4) is 0 Å². The second-order valence-electron chi connectivity index (χ2n) is 6.95. The third-order valence-electron chi connectivity index (χ3n) is 4.19. The molecule has 0 fully saturated rings. The number of carboxylic acids is 2. The number of allylic oxidation sites excluding steroid dienone is 5. The van der Waals surface area contributed by atoms with E-state index in [0.29, 0.717) is 6.42 Å². The average molecular weight is 395 g/mol. The average Bonchev–Trinajstić information content (AvgIpc) is 2.65. The molecule has 162 valence electrons. The summed E-state index contributed by atoms with van der Waals surface area (Å²) in [6.07, 6.45) is 27.2. The van der Waals surface area contributed by atoms with Gasteiger partial charge >= 0.3 is 11.9 Å². The molecule has 0 aliphatic carbocycles. The first-order chi connectivity index (χ1) is 13.5. The van der Waals surface area contributed by atoms with E-state index in [9.17, 15) is 9.59 Å². The lowest BCUT2D eigenvalue weighted by molar-refractivity contribution is -0.137. The van der Waals surface area contributed by atoms with Crippen molar-refractivity contribution in [3.63, 3.8) is 0 Å². The molecule has 0 amide bonds. The van der Waals surface area contributed by atoms with Crippen LogP contribution in [0.1, 0.15) is 104 Å². The minimum absolute atomic E-state index is 0.332. The summed E-state index contributed by atoms with van der Waals surface area (Å²) in [6, 6.07) is 0. The number of hydrogen-bond donors (Lipinski definition) is 2. The van der Waals surface area contributed by atoms with Crippen molar-refractivity contribution in [1.82, 2.24) is 0 Å². The minimum atomic E-state index is -0.914. The summed E-state index contributed by atoms with van der Waals surface area (Å²) in [5.41, 5.74) is 0. The van der Waals surface area contributed by atoms with Crippen molar-refractivity contribution in [2.24, 2.45) is 0 Å². The van der Waals surface area contributed by atoms with Gasteiger partial charge in [0.25, 0.3) is 0 Å². The Hall–Kier alpha value is -1.84. The monoisotopic (exact) mass is 394 g/mol. The maximum Gasteiger partial charge on any atom is 0.328 e. The summed E-state index contributed by atoms with van der Waals surface area (Å²) in [5.74, 6) is -1.58. The maximum atomic E-state index is 10.3. The van der Waals surface area contributed by atoms with Gasteiger partial charge in [-0.2, -0.15) is 0 Å². The van der Waals surface area contributed by atoms with Gasteiger partial charge in [-0.1, -0.05) is 88.7 Å². The minimum Gasteiger partial charge on any atom is -0.481 e. The summed E-state index contributed by atoms with van der Waals surface area (Å²) < 4.78 is 0. The molecular formula is C24H42O4. The lowest BCUT2D eigenvalue weighted by atomic mass is 10.1. The molecule has 0 rings (SSSR count). The van der Waals surface area contributed by atoms with Gasteiger partial charge in [-0.05, 0) is 39.0 Å². The molecule has 0 aliphatic rings. The number of carboxylic acid groups (broad SMARTS) is 2. The summed E-state index contributed by atoms with van der Waals surface area (Å²) in [6.45, 7) is 4.08. The van der Waals surface area contributed by atoms with E-state index < -0.39 is 11.9 Å². The third-order valence-corrected chi connectivity index (χ3v) is 4.19. The van der Waals surface area contributed by atoms with Crippen LogP contribution in [0.2, 0.25) is 0 Å². The van der Waals surface area contributed by atoms with Crippen molar-refractivity contribution >= 4 is 11.9 Å². The number of rotatable bonds is 17. The van der Waals surface area contributed by atoms with Crippen LogP contribution in [0.4, 0.5) is 0 Å². The zero-order chi connectivity index (χ0) is 21.3. The SMILES string of the molecule is CC=CC=CC(=O)O.CCCCCCCCC=CCCCCCCCC(=O)O. The van der Waals surface area contributed by atoms with Crippen LogP contribution >= 0.6 is 0 Å². The van der Waals surface area contributed by atoms with Gasteiger partial charge in [0.2, 0.25) is 0 Å². The highest BCUT2D eigenvalue weighted by molar-refractivity contribution is 5.80. The first-order valence-corrected chi connectivity index (χ1v) is 10.9. The predicted octanol–water partition coefficient (Wildman–Crippen LogP) is 7.31. The van der Waals surface area contributed by atoms with Gasteiger partial charge in [-0.3, -0.25) is 4.79 Å². The van der Waals surface area contributed by atoms with Gasteiger partial charge in [0.05, 0.1) is 0 Å². The van der Waals surface area contributed by atoms with E-state index in [2.05, 4.69) is 19.1 Å². The number of hydrogen-bond acceptors (Lipinski definition) is 2. The van der Waals surface area contributed by atoms with Crippen molar-refractivity contribution in [3.8, 4) is 0 Å². The van der Waals surface area contributed by atoms with Crippen LogP contribution in [0, 0.1) is 0 Å². The van der Waals surface area contributed by atoms with Crippen LogP contribution < -0.4 is 0 Å². The van der Waals surface area contributed by atoms with Crippen LogP contribution in [-0.2, 0) is 9.59 Å². The molecule has 0 saturated carbocycles. The molecule has 0 heterocycles. The molecule has 28 heavy (non-hydrogen) atoms. The van der Waals surface area contributed by atoms with Crippen molar-refractivity contribution in [1.29, 1.82) is 0 Å². The summed E-state index contributed by atoms with van der Waals surface area (Å²) in [7, 11) is 0. The van der Waals surface area contributed by atoms with Crippen molar-refractivity contribution in [3.05, 3.63) is 36.5 Å². The molecule has 0 saturated heterocycles. The van der Waals surface area contributed by atoms with Gasteiger partial charge < -0.3 is 10.2 Å². The first-order valence-electron chi connectivity index (χ1n) is 10.9. The molecule has 0 atom stereocenters. The van der Waals surface area contributed by atoms with Gasteiger partial charge in [-0.15, -0.1) is 0 Å². The highest BCUT2D eigenvalue weighted by atomic mass is 16.4. The van der Waals surface area contributed by atoms with E-state index in [1.807, 2.05) is 6.92 Å². The predicted molar refractivity (Wildman–Crippen MR) is 119 cm³/mol. The Morgan fingerprint density at radius 2 is 1.21 bits per heavy atom. The van der Waals surface area contributed by atoms with Crippen LogP contribution in [0.5, 0.6) is 0 Å². The molecular weight excluding hydrogens is 352 g/mol. The number of unbranched alkanes of at least 4 members (excludes halogenated alkanes) is 11. The molecule has 0 aromatic heterocycles.